The Morgan fingerprint density at radius 1 is 1.17 bits per heavy atom. The van der Waals surface area contributed by atoms with Gasteiger partial charge in [0, 0.05) is 16.0 Å². The molecule has 116 valence electrons. The SMILES string of the molecule is NC(=S)N1N=C2c3ccccc3CC[C@H]2[C@H]1c1ccc(Br)cc1. The minimum absolute atomic E-state index is 0.0870. The molecule has 0 spiro atoms. The van der Waals surface area contributed by atoms with Crippen LogP contribution in [-0.4, -0.2) is 15.8 Å². The van der Waals surface area contributed by atoms with E-state index < -0.39 is 0 Å². The van der Waals surface area contributed by atoms with Crippen LogP contribution >= 0.6 is 28.1 Å². The van der Waals surface area contributed by atoms with Crippen molar-refractivity contribution in [2.75, 3.05) is 0 Å². The van der Waals surface area contributed by atoms with Gasteiger partial charge in [0.05, 0.1) is 11.8 Å². The maximum Gasteiger partial charge on any atom is 0.187 e. The number of thiocarbonyl (C=S) groups is 1. The minimum atomic E-state index is 0.0870. The normalized spacial score (nSPS) is 22.3. The van der Waals surface area contributed by atoms with Gasteiger partial charge in [0.2, 0.25) is 0 Å². The van der Waals surface area contributed by atoms with Crippen molar-refractivity contribution < 1.29 is 0 Å². The lowest BCUT2D eigenvalue weighted by atomic mass is 9.77. The zero-order valence-corrected chi connectivity index (χ0v) is 14.8. The molecule has 2 atom stereocenters. The summed E-state index contributed by atoms with van der Waals surface area (Å²) in [6.45, 7) is 0. The second-order valence-electron chi connectivity index (χ2n) is 5.97. The molecule has 0 saturated carbocycles. The molecule has 4 rings (SSSR count). The Kier molecular flexibility index (Phi) is 3.70. The van der Waals surface area contributed by atoms with Crippen LogP contribution < -0.4 is 5.73 Å². The minimum Gasteiger partial charge on any atom is -0.375 e. The molecular weight excluding hydrogens is 370 g/mol. The van der Waals surface area contributed by atoms with Gasteiger partial charge in [-0.15, -0.1) is 0 Å². The lowest BCUT2D eigenvalue weighted by molar-refractivity contribution is 0.309. The Hall–Kier alpha value is -1.72. The molecule has 2 aromatic rings. The Balaban J connectivity index is 1.80. The van der Waals surface area contributed by atoms with Gasteiger partial charge in [0.15, 0.2) is 5.11 Å². The van der Waals surface area contributed by atoms with Gasteiger partial charge in [-0.1, -0.05) is 52.3 Å². The van der Waals surface area contributed by atoms with Crippen molar-refractivity contribution in [3.8, 4) is 0 Å². The van der Waals surface area contributed by atoms with E-state index in [0.29, 0.717) is 11.0 Å². The fourth-order valence-corrected chi connectivity index (χ4v) is 4.06. The number of rotatable bonds is 1. The first-order valence-electron chi connectivity index (χ1n) is 7.66. The fourth-order valence-electron chi connectivity index (χ4n) is 3.64. The van der Waals surface area contributed by atoms with Gasteiger partial charge in [-0.3, -0.25) is 0 Å². The molecule has 2 N–H and O–H groups in total. The van der Waals surface area contributed by atoms with Crippen LogP contribution in [0.5, 0.6) is 0 Å². The van der Waals surface area contributed by atoms with E-state index in [1.807, 2.05) is 5.01 Å². The van der Waals surface area contributed by atoms with Crippen LogP contribution in [0.4, 0.5) is 0 Å². The number of halogens is 1. The summed E-state index contributed by atoms with van der Waals surface area (Å²) in [5.41, 5.74) is 10.9. The quantitative estimate of drug-likeness (QED) is 0.753. The van der Waals surface area contributed by atoms with Gasteiger partial charge in [-0.2, -0.15) is 5.10 Å². The van der Waals surface area contributed by atoms with Crippen molar-refractivity contribution in [3.63, 3.8) is 0 Å². The second kappa shape index (κ2) is 5.73. The Morgan fingerprint density at radius 2 is 1.91 bits per heavy atom. The number of benzene rings is 2. The van der Waals surface area contributed by atoms with Gasteiger partial charge < -0.3 is 5.73 Å². The van der Waals surface area contributed by atoms with Crippen LogP contribution in [0.3, 0.4) is 0 Å². The van der Waals surface area contributed by atoms with Crippen molar-refractivity contribution in [2.24, 2.45) is 16.8 Å². The molecule has 2 aliphatic rings. The summed E-state index contributed by atoms with van der Waals surface area (Å²) < 4.78 is 1.07. The third-order valence-corrected chi connectivity index (χ3v) is 5.38. The van der Waals surface area contributed by atoms with E-state index in [4.69, 9.17) is 23.1 Å². The first-order valence-corrected chi connectivity index (χ1v) is 8.86. The van der Waals surface area contributed by atoms with Gasteiger partial charge in [0.1, 0.15) is 0 Å². The summed E-state index contributed by atoms with van der Waals surface area (Å²) in [6, 6.07) is 17.0. The molecule has 0 radical (unpaired) electrons. The van der Waals surface area contributed by atoms with Crippen LogP contribution in [0.25, 0.3) is 0 Å². The molecule has 1 aliphatic carbocycles. The molecule has 3 nitrogen and oxygen atoms in total. The molecule has 1 heterocycles. The fraction of sp³-hybridized carbons (Fsp3) is 0.222. The number of nitrogens with two attached hydrogens (primary N) is 1. The summed E-state index contributed by atoms with van der Waals surface area (Å²) in [5.74, 6) is 0.326. The Morgan fingerprint density at radius 3 is 2.65 bits per heavy atom. The number of hydrogen-bond donors (Lipinski definition) is 1. The molecule has 0 fully saturated rings. The monoisotopic (exact) mass is 385 g/mol. The highest BCUT2D eigenvalue weighted by Crippen LogP contribution is 2.43. The number of hydrogen-bond acceptors (Lipinski definition) is 2. The molecule has 0 amide bonds. The smallest absolute Gasteiger partial charge is 0.187 e. The summed E-state index contributed by atoms with van der Waals surface area (Å²) in [5, 5.41) is 6.95. The zero-order chi connectivity index (χ0) is 16.0. The van der Waals surface area contributed by atoms with E-state index >= 15 is 0 Å². The average Bonchev–Trinajstić information content (AvgIpc) is 2.96. The molecule has 1 aliphatic heterocycles. The standard InChI is InChI=1S/C18H16BrN3S/c19-13-8-5-12(6-9-13)17-15-10-7-11-3-1-2-4-14(11)16(15)21-22(17)18(20)23/h1-6,8-9,15,17H,7,10H2,(H2,20,23)/t15-,17-/m1/s1. The van der Waals surface area contributed by atoms with Gasteiger partial charge >= 0.3 is 0 Å². The molecular formula is C18H16BrN3S. The lowest BCUT2D eigenvalue weighted by Gasteiger charge is -2.29. The first kappa shape index (κ1) is 14.8. The van der Waals surface area contributed by atoms with Gasteiger partial charge in [0.25, 0.3) is 0 Å². The van der Waals surface area contributed by atoms with E-state index in [-0.39, 0.29) is 6.04 Å². The number of aryl methyl sites for hydroxylation is 1. The summed E-state index contributed by atoms with van der Waals surface area (Å²) in [6.07, 6.45) is 2.13. The van der Waals surface area contributed by atoms with E-state index in [2.05, 4.69) is 64.5 Å². The lowest BCUT2D eigenvalue weighted by Crippen LogP contribution is -2.35. The second-order valence-corrected chi connectivity index (χ2v) is 7.30. The highest BCUT2D eigenvalue weighted by Gasteiger charge is 2.42. The number of fused-ring (bicyclic) bond motifs is 3. The molecule has 0 saturated heterocycles. The van der Waals surface area contributed by atoms with E-state index in [1.54, 1.807) is 0 Å². The van der Waals surface area contributed by atoms with E-state index in [9.17, 15) is 0 Å². The summed E-state index contributed by atoms with van der Waals surface area (Å²) in [4.78, 5) is 0. The van der Waals surface area contributed by atoms with Crippen molar-refractivity contribution in [3.05, 3.63) is 69.7 Å². The van der Waals surface area contributed by atoms with Crippen LogP contribution in [-0.2, 0) is 6.42 Å². The predicted molar refractivity (Wildman–Crippen MR) is 100 cm³/mol. The van der Waals surface area contributed by atoms with Crippen LogP contribution in [0, 0.1) is 5.92 Å². The average molecular weight is 386 g/mol. The maximum absolute atomic E-state index is 5.97. The molecule has 5 heteroatoms. The van der Waals surface area contributed by atoms with Crippen LogP contribution in [0.1, 0.15) is 29.2 Å². The van der Waals surface area contributed by atoms with Crippen LogP contribution in [0.2, 0.25) is 0 Å². The Bertz CT molecular complexity index is 800. The highest BCUT2D eigenvalue weighted by atomic mass is 79.9. The van der Waals surface area contributed by atoms with Gasteiger partial charge in [-0.05, 0) is 48.3 Å². The van der Waals surface area contributed by atoms with E-state index in [1.165, 1.54) is 16.7 Å². The molecule has 0 aromatic heterocycles. The predicted octanol–water partition coefficient (Wildman–Crippen LogP) is 4.02. The largest absolute Gasteiger partial charge is 0.375 e. The van der Waals surface area contributed by atoms with Crippen molar-refractivity contribution in [2.45, 2.75) is 18.9 Å². The summed E-state index contributed by atoms with van der Waals surface area (Å²) in [7, 11) is 0. The highest BCUT2D eigenvalue weighted by molar-refractivity contribution is 9.10. The number of nitrogens with zero attached hydrogens (tertiary/aromatic N) is 2. The van der Waals surface area contributed by atoms with Gasteiger partial charge in [-0.25, -0.2) is 5.01 Å². The van der Waals surface area contributed by atoms with Crippen molar-refractivity contribution >= 4 is 39.0 Å². The molecule has 0 unspecified atom stereocenters. The number of hydrazone groups is 1. The topological polar surface area (TPSA) is 41.6 Å². The third-order valence-electron chi connectivity index (χ3n) is 4.67. The Labute approximate surface area is 149 Å². The van der Waals surface area contributed by atoms with E-state index in [0.717, 1.165) is 23.0 Å². The molecule has 2 aromatic carbocycles. The first-order chi connectivity index (χ1) is 11.1. The zero-order valence-electron chi connectivity index (χ0n) is 12.4. The summed E-state index contributed by atoms with van der Waals surface area (Å²) >= 11 is 8.76. The maximum atomic E-state index is 5.97. The van der Waals surface area contributed by atoms with Crippen molar-refractivity contribution in [1.29, 1.82) is 0 Å². The van der Waals surface area contributed by atoms with Crippen LogP contribution in [0.15, 0.2) is 58.1 Å². The van der Waals surface area contributed by atoms with Crippen molar-refractivity contribution in [1.82, 2.24) is 5.01 Å². The third kappa shape index (κ3) is 2.48. The molecule has 0 bridgehead atoms. The molecule has 23 heavy (non-hydrogen) atoms.